The van der Waals surface area contributed by atoms with E-state index in [1.807, 2.05) is 43.3 Å². The van der Waals surface area contributed by atoms with E-state index in [9.17, 15) is 14.7 Å². The average Bonchev–Trinajstić information content (AvgIpc) is 3.13. The molecule has 1 unspecified atom stereocenters. The average molecular weight is 494 g/mol. The number of phenolic OH excluding ortho intramolecular Hbond substituents is 1. The maximum Gasteiger partial charge on any atom is 0.338 e. The van der Waals surface area contributed by atoms with Gasteiger partial charge in [-0.15, -0.1) is 0 Å². The number of thiazole rings is 1. The van der Waals surface area contributed by atoms with Gasteiger partial charge in [0.2, 0.25) is 0 Å². The molecule has 3 aromatic rings. The van der Waals surface area contributed by atoms with Crippen molar-refractivity contribution in [3.8, 4) is 11.5 Å². The third kappa shape index (κ3) is 4.59. The summed E-state index contributed by atoms with van der Waals surface area (Å²) >= 11 is 1.24. The molecule has 1 aliphatic heterocycles. The molecule has 1 aliphatic rings. The van der Waals surface area contributed by atoms with Gasteiger partial charge in [0.05, 0.1) is 35.6 Å². The highest BCUT2D eigenvalue weighted by Gasteiger charge is 2.33. The number of rotatable bonds is 6. The van der Waals surface area contributed by atoms with Crippen LogP contribution in [0.2, 0.25) is 0 Å². The first-order valence-electron chi connectivity index (χ1n) is 11.1. The molecule has 0 saturated carbocycles. The third-order valence-corrected chi connectivity index (χ3v) is 6.73. The number of nitrogens with zero attached hydrogens (tertiary/aromatic N) is 3. The molecular formula is C26H27N3O5S. The van der Waals surface area contributed by atoms with E-state index in [1.165, 1.54) is 24.5 Å². The van der Waals surface area contributed by atoms with Gasteiger partial charge in [-0.1, -0.05) is 29.5 Å². The van der Waals surface area contributed by atoms with E-state index in [1.54, 1.807) is 36.6 Å². The van der Waals surface area contributed by atoms with E-state index in [2.05, 4.69) is 4.99 Å². The first-order chi connectivity index (χ1) is 16.7. The Labute approximate surface area is 206 Å². The van der Waals surface area contributed by atoms with Crippen molar-refractivity contribution >= 4 is 29.1 Å². The number of anilines is 1. The largest absolute Gasteiger partial charge is 0.504 e. The molecule has 8 nitrogen and oxygen atoms in total. The van der Waals surface area contributed by atoms with E-state index in [-0.39, 0.29) is 17.9 Å². The Morgan fingerprint density at radius 3 is 2.57 bits per heavy atom. The number of methoxy groups -OCH3 is 1. The van der Waals surface area contributed by atoms with Crippen molar-refractivity contribution in [2.45, 2.75) is 19.9 Å². The summed E-state index contributed by atoms with van der Waals surface area (Å²) in [6.45, 7) is 3.72. The molecule has 0 spiro atoms. The van der Waals surface area contributed by atoms with Gasteiger partial charge in [-0.2, -0.15) is 0 Å². The van der Waals surface area contributed by atoms with Gasteiger partial charge in [-0.25, -0.2) is 9.79 Å². The molecule has 1 N–H and O–H groups in total. The van der Waals surface area contributed by atoms with Crippen LogP contribution in [-0.4, -0.2) is 43.5 Å². The highest BCUT2D eigenvalue weighted by Crippen LogP contribution is 2.32. The van der Waals surface area contributed by atoms with Crippen LogP contribution >= 0.6 is 11.3 Å². The molecule has 4 rings (SSSR count). The molecule has 2 aromatic carbocycles. The number of allylic oxidation sites excluding steroid dienone is 1. The lowest BCUT2D eigenvalue weighted by Gasteiger charge is -2.25. The standard InChI is InChI=1S/C26H27N3O5S/c1-6-34-25(32)22-15(2)27-26-29(23(22)17-8-10-18(11-9-17)28(3)4)24(31)21(35-26)14-16-7-12-19(30)20(13-16)33-5/h7-14,23,30H,6H2,1-5H3/b21-14-. The van der Waals surface area contributed by atoms with E-state index in [0.717, 1.165) is 11.3 Å². The van der Waals surface area contributed by atoms with Crippen molar-refractivity contribution in [3.05, 3.63) is 84.5 Å². The van der Waals surface area contributed by atoms with Gasteiger partial charge in [-0.05, 0) is 55.3 Å². The Morgan fingerprint density at radius 2 is 1.94 bits per heavy atom. The minimum Gasteiger partial charge on any atom is -0.504 e. The summed E-state index contributed by atoms with van der Waals surface area (Å²) < 4.78 is 12.5. The van der Waals surface area contributed by atoms with E-state index >= 15 is 0 Å². The lowest BCUT2D eigenvalue weighted by atomic mass is 9.95. The lowest BCUT2D eigenvalue weighted by molar-refractivity contribution is -0.139. The van der Waals surface area contributed by atoms with Crippen LogP contribution in [0.3, 0.4) is 0 Å². The minimum atomic E-state index is -0.669. The van der Waals surface area contributed by atoms with Crippen LogP contribution in [0.5, 0.6) is 11.5 Å². The molecule has 0 aliphatic carbocycles. The second kappa shape index (κ2) is 9.79. The summed E-state index contributed by atoms with van der Waals surface area (Å²) in [7, 11) is 5.36. The zero-order valence-electron chi connectivity index (χ0n) is 20.2. The Kier molecular flexibility index (Phi) is 6.79. The van der Waals surface area contributed by atoms with Crippen LogP contribution in [-0.2, 0) is 9.53 Å². The summed E-state index contributed by atoms with van der Waals surface area (Å²) in [5.41, 5.74) is 3.07. The molecule has 0 fully saturated rings. The number of carbonyl (C=O) groups excluding carboxylic acids is 1. The molecule has 2 heterocycles. The number of phenols is 1. The first-order valence-corrected chi connectivity index (χ1v) is 11.9. The lowest BCUT2D eigenvalue weighted by Crippen LogP contribution is -2.39. The summed E-state index contributed by atoms with van der Waals surface area (Å²) in [5, 5.41) is 9.89. The van der Waals surface area contributed by atoms with Crippen molar-refractivity contribution in [3.63, 3.8) is 0 Å². The molecule has 1 aromatic heterocycles. The molecule has 0 radical (unpaired) electrons. The number of hydrogen-bond donors (Lipinski definition) is 1. The number of carbonyl (C=O) groups is 1. The second-order valence-corrected chi connectivity index (χ2v) is 9.23. The van der Waals surface area contributed by atoms with Crippen LogP contribution in [0.1, 0.15) is 31.0 Å². The van der Waals surface area contributed by atoms with Crippen LogP contribution in [0.4, 0.5) is 5.69 Å². The zero-order valence-corrected chi connectivity index (χ0v) is 21.0. The molecule has 0 bridgehead atoms. The normalized spacial score (nSPS) is 15.5. The Hall–Kier alpha value is -3.85. The van der Waals surface area contributed by atoms with Gasteiger partial charge < -0.3 is 19.5 Å². The fourth-order valence-corrected chi connectivity index (χ4v) is 5.04. The molecule has 182 valence electrons. The van der Waals surface area contributed by atoms with E-state index < -0.39 is 12.0 Å². The number of hydrogen-bond acceptors (Lipinski definition) is 8. The van der Waals surface area contributed by atoms with Gasteiger partial charge in [0, 0.05) is 19.8 Å². The zero-order chi connectivity index (χ0) is 25.3. The topological polar surface area (TPSA) is 93.4 Å². The van der Waals surface area contributed by atoms with Crippen LogP contribution in [0.25, 0.3) is 6.08 Å². The van der Waals surface area contributed by atoms with Crippen LogP contribution in [0, 0.1) is 0 Å². The van der Waals surface area contributed by atoms with Crippen molar-refractivity contribution < 1.29 is 19.4 Å². The van der Waals surface area contributed by atoms with E-state index in [0.29, 0.717) is 31.9 Å². The SMILES string of the molecule is CCOC(=O)C1=C(C)N=c2s/c(=C\c3ccc(O)c(OC)c3)c(=O)n2C1c1ccc(N(C)C)cc1. The highest BCUT2D eigenvalue weighted by atomic mass is 32.1. The fraction of sp³-hybridized carbons (Fsp3) is 0.269. The maximum atomic E-state index is 13.6. The third-order valence-electron chi connectivity index (χ3n) is 5.74. The fourth-order valence-electron chi connectivity index (χ4n) is 4.00. The second-order valence-electron chi connectivity index (χ2n) is 8.22. The van der Waals surface area contributed by atoms with Crippen LogP contribution in [0.15, 0.2) is 63.5 Å². The maximum absolute atomic E-state index is 13.6. The Balaban J connectivity index is 1.92. The van der Waals surface area contributed by atoms with Crippen molar-refractivity contribution in [2.75, 3.05) is 32.7 Å². The van der Waals surface area contributed by atoms with Crippen molar-refractivity contribution in [2.24, 2.45) is 4.99 Å². The molecule has 35 heavy (non-hydrogen) atoms. The highest BCUT2D eigenvalue weighted by molar-refractivity contribution is 7.07. The number of benzene rings is 2. The predicted octanol–water partition coefficient (Wildman–Crippen LogP) is 2.58. The number of aromatic nitrogens is 1. The summed E-state index contributed by atoms with van der Waals surface area (Å²) in [6.07, 6.45) is 1.72. The minimum absolute atomic E-state index is 0.0157. The number of aromatic hydroxyl groups is 1. The Bertz CT molecular complexity index is 1480. The van der Waals surface area contributed by atoms with Gasteiger partial charge in [0.15, 0.2) is 16.3 Å². The first kappa shape index (κ1) is 24.3. The number of esters is 1. The quantitative estimate of drug-likeness (QED) is 0.531. The predicted molar refractivity (Wildman–Crippen MR) is 136 cm³/mol. The van der Waals surface area contributed by atoms with Crippen LogP contribution < -0.4 is 24.5 Å². The number of fused-ring (bicyclic) bond motifs is 1. The summed E-state index contributed by atoms with van der Waals surface area (Å²) in [6, 6.07) is 11.9. The summed E-state index contributed by atoms with van der Waals surface area (Å²) in [5.74, 6) is -0.166. The molecule has 0 saturated heterocycles. The van der Waals surface area contributed by atoms with Gasteiger partial charge in [0.25, 0.3) is 5.56 Å². The van der Waals surface area contributed by atoms with Crippen molar-refractivity contribution in [1.29, 1.82) is 0 Å². The Morgan fingerprint density at radius 1 is 1.23 bits per heavy atom. The monoisotopic (exact) mass is 493 g/mol. The van der Waals surface area contributed by atoms with Gasteiger partial charge in [-0.3, -0.25) is 9.36 Å². The smallest absolute Gasteiger partial charge is 0.338 e. The molecular weight excluding hydrogens is 466 g/mol. The molecule has 1 atom stereocenters. The molecule has 0 amide bonds. The van der Waals surface area contributed by atoms with Crippen molar-refractivity contribution in [1.82, 2.24) is 4.57 Å². The number of ether oxygens (including phenoxy) is 2. The van der Waals surface area contributed by atoms with Gasteiger partial charge >= 0.3 is 5.97 Å². The van der Waals surface area contributed by atoms with Gasteiger partial charge in [0.1, 0.15) is 0 Å². The summed E-state index contributed by atoms with van der Waals surface area (Å²) in [4.78, 5) is 33.7. The molecule has 9 heteroatoms. The van der Waals surface area contributed by atoms with E-state index in [4.69, 9.17) is 9.47 Å².